The van der Waals surface area contributed by atoms with Gasteiger partial charge in [0.25, 0.3) is 0 Å². The molecule has 0 aliphatic heterocycles. The summed E-state index contributed by atoms with van der Waals surface area (Å²) in [5.74, 6) is 1.23. The molecule has 0 spiro atoms. The molecule has 1 saturated carbocycles. The minimum Gasteiger partial charge on any atom is -0.331 e. The summed E-state index contributed by atoms with van der Waals surface area (Å²) in [4.78, 5) is 4.92. The molecule has 1 aliphatic carbocycles. The molecule has 3 rings (SSSR count). The smallest absolute Gasteiger partial charge is 0.115 e. The van der Waals surface area contributed by atoms with Gasteiger partial charge in [0.15, 0.2) is 0 Å². The Morgan fingerprint density at radius 1 is 1.33 bits per heavy atom. The van der Waals surface area contributed by atoms with Gasteiger partial charge in [0.2, 0.25) is 0 Å². The maximum atomic E-state index is 5.81. The predicted molar refractivity (Wildman–Crippen MR) is 74.4 cm³/mol. The van der Waals surface area contributed by atoms with Crippen LogP contribution in [0.2, 0.25) is 0 Å². The molecule has 0 saturated heterocycles. The van der Waals surface area contributed by atoms with Crippen LogP contribution < -0.4 is 5.73 Å². The molecule has 3 heteroatoms. The van der Waals surface area contributed by atoms with E-state index in [4.69, 9.17) is 10.7 Å². The van der Waals surface area contributed by atoms with Crippen molar-refractivity contribution in [2.24, 2.45) is 12.8 Å². The van der Waals surface area contributed by atoms with Crippen LogP contribution in [-0.2, 0) is 19.0 Å². The van der Waals surface area contributed by atoms with E-state index < -0.39 is 0 Å². The summed E-state index contributed by atoms with van der Waals surface area (Å²) in [5, 5.41) is 0. The number of nitrogens with two attached hydrogens (primary N) is 1. The van der Waals surface area contributed by atoms with Gasteiger partial charge in [-0.25, -0.2) is 4.98 Å². The number of aryl methyl sites for hydroxylation is 1. The van der Waals surface area contributed by atoms with Crippen molar-refractivity contribution < 1.29 is 0 Å². The first-order chi connectivity index (χ1) is 8.65. The van der Waals surface area contributed by atoms with Gasteiger partial charge in [0, 0.05) is 19.0 Å². The van der Waals surface area contributed by atoms with E-state index >= 15 is 0 Å². The Labute approximate surface area is 108 Å². The van der Waals surface area contributed by atoms with Gasteiger partial charge < -0.3 is 10.3 Å². The van der Waals surface area contributed by atoms with Crippen molar-refractivity contribution in [1.29, 1.82) is 0 Å². The standard InChI is InChI=1S/C15H21N3/c1-15(8-3-4-9-15)14-17-13-11(10-16)6-5-7-12(13)18(14)2/h5-7H,3-4,8-10,16H2,1-2H3. The SMILES string of the molecule is Cn1c(C2(C)CCCC2)nc2c(CN)cccc21. The molecule has 0 bridgehead atoms. The van der Waals surface area contributed by atoms with E-state index in [0.717, 1.165) is 11.1 Å². The fourth-order valence-electron chi connectivity index (χ4n) is 3.36. The lowest BCUT2D eigenvalue weighted by Crippen LogP contribution is -2.21. The Hall–Kier alpha value is -1.35. The minimum atomic E-state index is 0.250. The summed E-state index contributed by atoms with van der Waals surface area (Å²) in [7, 11) is 2.13. The van der Waals surface area contributed by atoms with E-state index in [1.807, 2.05) is 0 Å². The van der Waals surface area contributed by atoms with E-state index in [-0.39, 0.29) is 5.41 Å². The quantitative estimate of drug-likeness (QED) is 0.881. The van der Waals surface area contributed by atoms with Gasteiger partial charge in [-0.1, -0.05) is 31.9 Å². The zero-order chi connectivity index (χ0) is 12.8. The van der Waals surface area contributed by atoms with Crippen molar-refractivity contribution in [3.05, 3.63) is 29.6 Å². The average molecular weight is 243 g/mol. The van der Waals surface area contributed by atoms with Crippen LogP contribution in [0.3, 0.4) is 0 Å². The molecule has 3 nitrogen and oxygen atoms in total. The Bertz CT molecular complexity index is 577. The maximum absolute atomic E-state index is 5.81. The molecule has 1 aliphatic rings. The van der Waals surface area contributed by atoms with Crippen molar-refractivity contribution in [2.75, 3.05) is 0 Å². The van der Waals surface area contributed by atoms with Gasteiger partial charge in [-0.05, 0) is 24.5 Å². The van der Waals surface area contributed by atoms with Gasteiger partial charge in [0.05, 0.1) is 11.0 Å². The van der Waals surface area contributed by atoms with Crippen LogP contribution in [-0.4, -0.2) is 9.55 Å². The number of hydrogen-bond donors (Lipinski definition) is 1. The largest absolute Gasteiger partial charge is 0.331 e. The highest BCUT2D eigenvalue weighted by Gasteiger charge is 2.34. The first kappa shape index (κ1) is 11.7. The van der Waals surface area contributed by atoms with E-state index in [1.54, 1.807) is 0 Å². The zero-order valence-electron chi connectivity index (χ0n) is 11.2. The van der Waals surface area contributed by atoms with E-state index in [0.29, 0.717) is 6.54 Å². The molecular formula is C15H21N3. The van der Waals surface area contributed by atoms with Crippen LogP contribution in [0, 0.1) is 0 Å². The number of benzene rings is 1. The second-order valence-corrected chi connectivity index (χ2v) is 5.75. The second-order valence-electron chi connectivity index (χ2n) is 5.75. The molecule has 0 amide bonds. The highest BCUT2D eigenvalue weighted by Crippen LogP contribution is 2.40. The Balaban J connectivity index is 2.22. The van der Waals surface area contributed by atoms with E-state index in [1.165, 1.54) is 37.0 Å². The second kappa shape index (κ2) is 4.09. The first-order valence-corrected chi connectivity index (χ1v) is 6.80. The predicted octanol–water partition coefficient (Wildman–Crippen LogP) is 2.86. The minimum absolute atomic E-state index is 0.250. The highest BCUT2D eigenvalue weighted by molar-refractivity contribution is 5.80. The molecule has 2 aromatic rings. The maximum Gasteiger partial charge on any atom is 0.115 e. The van der Waals surface area contributed by atoms with Gasteiger partial charge in [0.1, 0.15) is 5.82 Å². The van der Waals surface area contributed by atoms with Crippen LogP contribution in [0.4, 0.5) is 0 Å². The number of hydrogen-bond acceptors (Lipinski definition) is 2. The Morgan fingerprint density at radius 3 is 2.72 bits per heavy atom. The topological polar surface area (TPSA) is 43.8 Å². The third-order valence-corrected chi connectivity index (χ3v) is 4.46. The summed E-state index contributed by atoms with van der Waals surface area (Å²) in [5.41, 5.74) is 9.51. The van der Waals surface area contributed by atoms with Crippen molar-refractivity contribution in [2.45, 2.75) is 44.6 Å². The number of fused-ring (bicyclic) bond motifs is 1. The first-order valence-electron chi connectivity index (χ1n) is 6.80. The molecule has 96 valence electrons. The van der Waals surface area contributed by atoms with Gasteiger partial charge >= 0.3 is 0 Å². The molecule has 1 fully saturated rings. The van der Waals surface area contributed by atoms with Crippen LogP contribution >= 0.6 is 0 Å². The number of para-hydroxylation sites is 1. The van der Waals surface area contributed by atoms with Crippen LogP contribution in [0.25, 0.3) is 11.0 Å². The average Bonchev–Trinajstić information content (AvgIpc) is 2.95. The number of aromatic nitrogens is 2. The molecule has 0 radical (unpaired) electrons. The monoisotopic (exact) mass is 243 g/mol. The van der Waals surface area contributed by atoms with Crippen molar-refractivity contribution in [1.82, 2.24) is 9.55 Å². The highest BCUT2D eigenvalue weighted by atomic mass is 15.1. The molecule has 0 atom stereocenters. The van der Waals surface area contributed by atoms with Gasteiger partial charge in [-0.3, -0.25) is 0 Å². The Morgan fingerprint density at radius 2 is 2.06 bits per heavy atom. The molecule has 18 heavy (non-hydrogen) atoms. The molecule has 0 unspecified atom stereocenters. The van der Waals surface area contributed by atoms with Crippen molar-refractivity contribution in [3.63, 3.8) is 0 Å². The fraction of sp³-hybridized carbons (Fsp3) is 0.533. The molecule has 2 N–H and O–H groups in total. The van der Waals surface area contributed by atoms with Crippen LogP contribution in [0.1, 0.15) is 44.0 Å². The number of rotatable bonds is 2. The van der Waals surface area contributed by atoms with Gasteiger partial charge in [-0.2, -0.15) is 0 Å². The summed E-state index contributed by atoms with van der Waals surface area (Å²) in [6.07, 6.45) is 5.15. The summed E-state index contributed by atoms with van der Waals surface area (Å²) >= 11 is 0. The summed E-state index contributed by atoms with van der Waals surface area (Å²) < 4.78 is 2.26. The molecular weight excluding hydrogens is 222 g/mol. The molecule has 1 heterocycles. The van der Waals surface area contributed by atoms with Crippen molar-refractivity contribution in [3.8, 4) is 0 Å². The van der Waals surface area contributed by atoms with Crippen LogP contribution in [0.15, 0.2) is 18.2 Å². The molecule has 1 aromatic carbocycles. The third-order valence-electron chi connectivity index (χ3n) is 4.46. The summed E-state index contributed by atoms with van der Waals surface area (Å²) in [6, 6.07) is 6.30. The fourth-order valence-corrected chi connectivity index (χ4v) is 3.36. The van der Waals surface area contributed by atoms with E-state index in [9.17, 15) is 0 Å². The molecule has 1 aromatic heterocycles. The van der Waals surface area contributed by atoms with E-state index in [2.05, 4.69) is 36.7 Å². The van der Waals surface area contributed by atoms with Crippen LogP contribution in [0.5, 0.6) is 0 Å². The van der Waals surface area contributed by atoms with Gasteiger partial charge in [-0.15, -0.1) is 0 Å². The third kappa shape index (κ3) is 1.57. The van der Waals surface area contributed by atoms with Crippen molar-refractivity contribution >= 4 is 11.0 Å². The lowest BCUT2D eigenvalue weighted by molar-refractivity contribution is 0.446. The lowest BCUT2D eigenvalue weighted by atomic mass is 9.88. The summed E-state index contributed by atoms with van der Waals surface area (Å²) in [6.45, 7) is 2.91. The number of imidazole rings is 1. The normalized spacial score (nSPS) is 18.6. The Kier molecular flexibility index (Phi) is 2.67. The zero-order valence-corrected chi connectivity index (χ0v) is 11.2. The number of nitrogens with zero attached hydrogens (tertiary/aromatic N) is 2. The lowest BCUT2D eigenvalue weighted by Gasteiger charge is -2.22.